The Morgan fingerprint density at radius 3 is 2.48 bits per heavy atom. The number of nitrogens with two attached hydrogens (primary N) is 1. The molecule has 0 spiro atoms. The zero-order valence-corrected chi connectivity index (χ0v) is 16.0. The summed E-state index contributed by atoms with van der Waals surface area (Å²) in [4.78, 5) is 3.82. The number of halogens is 1. The van der Waals surface area contributed by atoms with Crippen LogP contribution in [0.2, 0.25) is 0 Å². The predicted octanol–water partition coefficient (Wildman–Crippen LogP) is 4.06. The van der Waals surface area contributed by atoms with Crippen LogP contribution in [0.25, 0.3) is 11.1 Å². The van der Waals surface area contributed by atoms with E-state index in [2.05, 4.69) is 34.6 Å². The van der Waals surface area contributed by atoms with Gasteiger partial charge >= 0.3 is 0 Å². The zero-order valence-electron chi connectivity index (χ0n) is 16.0. The van der Waals surface area contributed by atoms with Crippen molar-refractivity contribution in [1.82, 2.24) is 5.32 Å². The highest BCUT2D eigenvalue weighted by atomic mass is 19.1. The van der Waals surface area contributed by atoms with Crippen LogP contribution in [0.4, 0.5) is 4.39 Å². The fourth-order valence-electron chi connectivity index (χ4n) is 3.85. The van der Waals surface area contributed by atoms with E-state index in [1.165, 1.54) is 17.2 Å². The van der Waals surface area contributed by atoms with Gasteiger partial charge in [0, 0.05) is 23.7 Å². The molecule has 0 fully saturated rings. The Bertz CT molecular complexity index is 1050. The minimum atomic E-state index is -0.210. The second-order valence-corrected chi connectivity index (χ2v) is 7.29. The van der Waals surface area contributed by atoms with E-state index in [-0.39, 0.29) is 11.7 Å². The van der Waals surface area contributed by atoms with Crippen molar-refractivity contribution in [3.63, 3.8) is 0 Å². The van der Waals surface area contributed by atoms with Gasteiger partial charge in [-0.2, -0.15) is 0 Å². The average Bonchev–Trinajstić information content (AvgIpc) is 3.16. The Morgan fingerprint density at radius 1 is 1.03 bits per heavy atom. The molecule has 3 aromatic carbocycles. The third-order valence-corrected chi connectivity index (χ3v) is 5.37. The smallest absolute Gasteiger partial charge is 0.132 e. The standard InChI is InChI=1S/C24H23FN4/c25-23-9-8-19(16-6-3-7-20(10-16)24(27)29-15-26)11-21(23)14-28-22-12-17-4-1-2-5-18(17)13-22/h1-11,15,22,28H,12-14H2,(H3,26,27,29). The number of rotatable bonds is 6. The molecule has 5 heteroatoms. The summed E-state index contributed by atoms with van der Waals surface area (Å²) < 4.78 is 14.4. The van der Waals surface area contributed by atoms with Crippen LogP contribution in [-0.2, 0) is 19.4 Å². The molecule has 0 heterocycles. The number of aliphatic imine (C=N–C) groups is 1. The molecular weight excluding hydrogens is 363 g/mol. The highest BCUT2D eigenvalue weighted by molar-refractivity contribution is 6.01. The van der Waals surface area contributed by atoms with Gasteiger partial charge in [0.25, 0.3) is 0 Å². The number of hydrogen-bond donors (Lipinski definition) is 3. The molecule has 1 aliphatic carbocycles. The van der Waals surface area contributed by atoms with Gasteiger partial charge in [-0.05, 0) is 53.3 Å². The molecule has 0 atom stereocenters. The molecule has 0 bridgehead atoms. The third kappa shape index (κ3) is 4.25. The Kier molecular flexibility index (Phi) is 5.49. The molecule has 1 aliphatic rings. The van der Waals surface area contributed by atoms with E-state index in [0.29, 0.717) is 18.2 Å². The summed E-state index contributed by atoms with van der Waals surface area (Å²) in [6.07, 6.45) is 2.88. The molecule has 4 nitrogen and oxygen atoms in total. The van der Waals surface area contributed by atoms with Crippen LogP contribution in [0.15, 0.2) is 71.7 Å². The van der Waals surface area contributed by atoms with Gasteiger partial charge in [0.2, 0.25) is 0 Å². The van der Waals surface area contributed by atoms with Gasteiger partial charge in [0.1, 0.15) is 18.0 Å². The molecule has 0 radical (unpaired) electrons. The quantitative estimate of drug-likeness (QED) is 0.441. The van der Waals surface area contributed by atoms with Crippen molar-refractivity contribution in [1.29, 1.82) is 5.41 Å². The highest BCUT2D eigenvalue weighted by Gasteiger charge is 2.20. The first-order valence-electron chi connectivity index (χ1n) is 9.65. The molecule has 146 valence electrons. The molecule has 0 unspecified atom stereocenters. The van der Waals surface area contributed by atoms with Crippen LogP contribution in [0.5, 0.6) is 0 Å². The molecule has 29 heavy (non-hydrogen) atoms. The number of fused-ring (bicyclic) bond motifs is 1. The van der Waals surface area contributed by atoms with E-state index in [1.54, 1.807) is 6.07 Å². The van der Waals surface area contributed by atoms with Gasteiger partial charge in [-0.25, -0.2) is 9.38 Å². The van der Waals surface area contributed by atoms with E-state index in [0.717, 1.165) is 35.9 Å². The number of hydrogen-bond acceptors (Lipinski definition) is 2. The van der Waals surface area contributed by atoms with Gasteiger partial charge in [0.05, 0.1) is 0 Å². The Balaban J connectivity index is 1.51. The van der Waals surface area contributed by atoms with Crippen molar-refractivity contribution in [2.75, 3.05) is 0 Å². The average molecular weight is 386 g/mol. The lowest BCUT2D eigenvalue weighted by Gasteiger charge is -2.14. The Hall–Kier alpha value is -3.31. The predicted molar refractivity (Wildman–Crippen MR) is 116 cm³/mol. The fraction of sp³-hybridized carbons (Fsp3) is 0.167. The molecule has 0 aromatic heterocycles. The Labute approximate surface area is 169 Å². The first-order valence-corrected chi connectivity index (χ1v) is 9.65. The van der Waals surface area contributed by atoms with E-state index in [4.69, 9.17) is 11.1 Å². The van der Waals surface area contributed by atoms with Crippen molar-refractivity contribution >= 4 is 12.2 Å². The van der Waals surface area contributed by atoms with Crippen LogP contribution in [0.3, 0.4) is 0 Å². The number of nitrogens with one attached hydrogen (secondary N) is 2. The normalized spacial score (nSPS) is 14.0. The number of nitrogens with zero attached hydrogens (tertiary/aromatic N) is 1. The van der Waals surface area contributed by atoms with Crippen molar-refractivity contribution in [3.8, 4) is 11.1 Å². The van der Waals surface area contributed by atoms with Crippen LogP contribution in [0.1, 0.15) is 22.3 Å². The van der Waals surface area contributed by atoms with E-state index >= 15 is 0 Å². The lowest BCUT2D eigenvalue weighted by molar-refractivity contribution is 0.516. The van der Waals surface area contributed by atoms with Crippen molar-refractivity contribution in [2.45, 2.75) is 25.4 Å². The molecule has 4 N–H and O–H groups in total. The van der Waals surface area contributed by atoms with Gasteiger partial charge in [-0.3, -0.25) is 5.41 Å². The highest BCUT2D eigenvalue weighted by Crippen LogP contribution is 2.25. The SMILES string of the molecule is N=CN=C(N)c1cccc(-c2ccc(F)c(CNC3Cc4ccccc4C3)c2)c1. The molecule has 3 aromatic rings. The summed E-state index contributed by atoms with van der Waals surface area (Å²) in [7, 11) is 0. The number of benzene rings is 3. The third-order valence-electron chi connectivity index (χ3n) is 5.37. The van der Waals surface area contributed by atoms with Gasteiger partial charge in [-0.15, -0.1) is 0 Å². The number of amidine groups is 1. The first kappa shape index (κ1) is 19.0. The van der Waals surface area contributed by atoms with Gasteiger partial charge < -0.3 is 11.1 Å². The van der Waals surface area contributed by atoms with Crippen LogP contribution in [0, 0.1) is 11.2 Å². The van der Waals surface area contributed by atoms with Gasteiger partial charge in [0.15, 0.2) is 0 Å². The van der Waals surface area contributed by atoms with E-state index < -0.39 is 0 Å². The molecule has 0 amide bonds. The summed E-state index contributed by atoms with van der Waals surface area (Å²) >= 11 is 0. The van der Waals surface area contributed by atoms with E-state index in [9.17, 15) is 4.39 Å². The summed E-state index contributed by atoms with van der Waals surface area (Å²) in [6, 6.07) is 21.5. The second kappa shape index (κ2) is 8.37. The summed E-state index contributed by atoms with van der Waals surface area (Å²) in [5, 5.41) is 10.6. The molecule has 4 rings (SSSR count). The van der Waals surface area contributed by atoms with Crippen molar-refractivity contribution in [3.05, 3.63) is 94.8 Å². The Morgan fingerprint density at radius 2 is 1.76 bits per heavy atom. The van der Waals surface area contributed by atoms with Crippen LogP contribution in [-0.4, -0.2) is 18.2 Å². The molecule has 0 saturated heterocycles. The van der Waals surface area contributed by atoms with Gasteiger partial charge in [-0.1, -0.05) is 48.5 Å². The molecular formula is C24H23FN4. The molecule has 0 saturated carbocycles. The van der Waals surface area contributed by atoms with Crippen LogP contribution >= 0.6 is 0 Å². The molecule has 0 aliphatic heterocycles. The van der Waals surface area contributed by atoms with Crippen molar-refractivity contribution in [2.24, 2.45) is 10.7 Å². The minimum Gasteiger partial charge on any atom is -0.383 e. The van der Waals surface area contributed by atoms with Crippen molar-refractivity contribution < 1.29 is 4.39 Å². The minimum absolute atomic E-state index is 0.210. The topological polar surface area (TPSA) is 74.3 Å². The summed E-state index contributed by atoms with van der Waals surface area (Å²) in [5.74, 6) is 0.0736. The fourth-order valence-corrected chi connectivity index (χ4v) is 3.85. The largest absolute Gasteiger partial charge is 0.383 e. The summed E-state index contributed by atoms with van der Waals surface area (Å²) in [5.41, 5.74) is 11.9. The van der Waals surface area contributed by atoms with Crippen LogP contribution < -0.4 is 11.1 Å². The zero-order chi connectivity index (χ0) is 20.2. The van der Waals surface area contributed by atoms with E-state index in [1.807, 2.05) is 30.3 Å². The summed E-state index contributed by atoms with van der Waals surface area (Å²) in [6.45, 7) is 0.482. The lowest BCUT2D eigenvalue weighted by Crippen LogP contribution is -2.29. The maximum atomic E-state index is 14.4. The monoisotopic (exact) mass is 386 g/mol. The second-order valence-electron chi connectivity index (χ2n) is 7.29. The maximum Gasteiger partial charge on any atom is 0.132 e. The lowest BCUT2D eigenvalue weighted by atomic mass is 10.00. The first-order chi connectivity index (χ1) is 14.1. The maximum absolute atomic E-state index is 14.4.